The van der Waals surface area contributed by atoms with Crippen LogP contribution in [0.1, 0.15) is 17.7 Å². The summed E-state index contributed by atoms with van der Waals surface area (Å²) < 4.78 is 7.70. The van der Waals surface area contributed by atoms with Crippen molar-refractivity contribution in [2.45, 2.75) is 17.3 Å². The number of rotatable bonds is 6. The summed E-state index contributed by atoms with van der Waals surface area (Å²) in [6.45, 7) is 2.19. The molecule has 0 aliphatic heterocycles. The molecule has 4 rings (SSSR count). The Balaban J connectivity index is 1.81. The third-order valence-electron chi connectivity index (χ3n) is 4.25. The summed E-state index contributed by atoms with van der Waals surface area (Å²) in [6, 6.07) is 22.5. The molecular formula is C21H19N3OS2. The summed E-state index contributed by atoms with van der Waals surface area (Å²) in [6.07, 6.45) is 0. The lowest BCUT2D eigenvalue weighted by Gasteiger charge is -2.15. The maximum absolute atomic E-state index is 5.60. The Morgan fingerprint density at radius 2 is 1.74 bits per heavy atom. The molecule has 0 saturated heterocycles. The summed E-state index contributed by atoms with van der Waals surface area (Å²) in [4.78, 5) is 1.08. The van der Waals surface area contributed by atoms with E-state index < -0.39 is 0 Å². The number of thiophene rings is 1. The van der Waals surface area contributed by atoms with Crippen LogP contribution in [0.15, 0.2) is 77.3 Å². The van der Waals surface area contributed by atoms with Crippen LogP contribution >= 0.6 is 23.1 Å². The Labute approximate surface area is 166 Å². The maximum atomic E-state index is 5.60. The highest BCUT2D eigenvalue weighted by molar-refractivity contribution is 7.99. The van der Waals surface area contributed by atoms with Gasteiger partial charge in [0.15, 0.2) is 11.0 Å². The van der Waals surface area contributed by atoms with Crippen LogP contribution in [0.25, 0.3) is 16.4 Å². The topological polar surface area (TPSA) is 39.9 Å². The standard InChI is InChI=1S/C21H19N3OS2/c1-15(16-9-4-3-5-10-16)27-21-23-22-20(19-13-8-14-26-19)24(21)17-11-6-7-12-18(17)25-2/h3-15H,1-2H3. The maximum Gasteiger partial charge on any atom is 0.196 e. The van der Waals surface area contributed by atoms with Crippen molar-refractivity contribution in [1.29, 1.82) is 0 Å². The first-order chi connectivity index (χ1) is 13.3. The first kappa shape index (κ1) is 17.8. The zero-order valence-corrected chi connectivity index (χ0v) is 16.7. The number of ether oxygens (including phenoxy) is 1. The molecular weight excluding hydrogens is 374 g/mol. The second-order valence-corrected chi connectivity index (χ2v) is 8.22. The number of benzene rings is 2. The number of para-hydroxylation sites is 2. The van der Waals surface area contributed by atoms with Gasteiger partial charge in [0, 0.05) is 5.25 Å². The molecule has 6 heteroatoms. The quantitative estimate of drug-likeness (QED) is 0.385. The smallest absolute Gasteiger partial charge is 0.196 e. The highest BCUT2D eigenvalue weighted by Crippen LogP contribution is 2.39. The van der Waals surface area contributed by atoms with E-state index in [1.165, 1.54) is 5.56 Å². The van der Waals surface area contributed by atoms with Crippen molar-refractivity contribution in [2.75, 3.05) is 7.11 Å². The van der Waals surface area contributed by atoms with Crippen LogP contribution in [0.2, 0.25) is 0 Å². The predicted molar refractivity (Wildman–Crippen MR) is 112 cm³/mol. The van der Waals surface area contributed by atoms with E-state index in [0.29, 0.717) is 0 Å². The van der Waals surface area contributed by atoms with Gasteiger partial charge in [-0.3, -0.25) is 4.57 Å². The van der Waals surface area contributed by atoms with Crippen molar-refractivity contribution < 1.29 is 4.74 Å². The molecule has 0 spiro atoms. The average Bonchev–Trinajstić information content (AvgIpc) is 3.38. The van der Waals surface area contributed by atoms with Crippen LogP contribution in [0.3, 0.4) is 0 Å². The Hall–Kier alpha value is -2.57. The number of thioether (sulfide) groups is 1. The van der Waals surface area contributed by atoms with Crippen molar-refractivity contribution in [3.63, 3.8) is 0 Å². The van der Waals surface area contributed by atoms with Crippen molar-refractivity contribution in [2.24, 2.45) is 0 Å². The SMILES string of the molecule is COc1ccccc1-n1c(SC(C)c2ccccc2)nnc1-c1cccs1. The molecule has 0 saturated carbocycles. The minimum Gasteiger partial charge on any atom is -0.495 e. The third-order valence-corrected chi connectivity index (χ3v) is 6.22. The van der Waals surface area contributed by atoms with Crippen molar-refractivity contribution in [1.82, 2.24) is 14.8 Å². The minimum absolute atomic E-state index is 0.250. The molecule has 0 bridgehead atoms. The van der Waals surface area contributed by atoms with E-state index in [0.717, 1.165) is 27.3 Å². The number of nitrogens with zero attached hydrogens (tertiary/aromatic N) is 3. The van der Waals surface area contributed by atoms with Gasteiger partial charge in [0.1, 0.15) is 5.75 Å². The lowest BCUT2D eigenvalue weighted by molar-refractivity contribution is 0.412. The van der Waals surface area contributed by atoms with E-state index in [1.807, 2.05) is 36.4 Å². The lowest BCUT2D eigenvalue weighted by atomic mass is 10.2. The normalized spacial score (nSPS) is 12.1. The first-order valence-corrected chi connectivity index (χ1v) is 10.4. The van der Waals surface area contributed by atoms with Crippen LogP contribution in [0, 0.1) is 0 Å². The monoisotopic (exact) mass is 393 g/mol. The highest BCUT2D eigenvalue weighted by Gasteiger charge is 2.21. The molecule has 2 aromatic heterocycles. The molecule has 0 amide bonds. The number of hydrogen-bond donors (Lipinski definition) is 0. The van der Waals surface area contributed by atoms with Crippen LogP contribution in [0.5, 0.6) is 5.75 Å². The van der Waals surface area contributed by atoms with E-state index in [9.17, 15) is 0 Å². The zero-order valence-electron chi connectivity index (χ0n) is 15.1. The van der Waals surface area contributed by atoms with Gasteiger partial charge in [-0.2, -0.15) is 0 Å². The van der Waals surface area contributed by atoms with E-state index in [4.69, 9.17) is 4.74 Å². The number of aromatic nitrogens is 3. The summed E-state index contributed by atoms with van der Waals surface area (Å²) in [5.41, 5.74) is 2.20. The third kappa shape index (κ3) is 3.63. The summed E-state index contributed by atoms with van der Waals surface area (Å²) in [5, 5.41) is 12.2. The van der Waals surface area contributed by atoms with Crippen LogP contribution < -0.4 is 4.74 Å². The molecule has 0 radical (unpaired) electrons. The minimum atomic E-state index is 0.250. The van der Waals surface area contributed by atoms with Gasteiger partial charge in [-0.25, -0.2) is 0 Å². The van der Waals surface area contributed by atoms with Crippen molar-refractivity contribution >= 4 is 23.1 Å². The van der Waals surface area contributed by atoms with E-state index >= 15 is 0 Å². The van der Waals surface area contributed by atoms with Gasteiger partial charge < -0.3 is 4.74 Å². The molecule has 0 aliphatic carbocycles. The molecule has 136 valence electrons. The molecule has 0 aliphatic rings. The zero-order chi connectivity index (χ0) is 18.6. The molecule has 4 aromatic rings. The molecule has 0 fully saturated rings. The van der Waals surface area contributed by atoms with E-state index in [1.54, 1.807) is 30.2 Å². The largest absolute Gasteiger partial charge is 0.495 e. The second-order valence-electron chi connectivity index (χ2n) is 5.96. The molecule has 27 heavy (non-hydrogen) atoms. The Bertz CT molecular complexity index is 1010. The number of hydrogen-bond acceptors (Lipinski definition) is 5. The molecule has 2 heterocycles. The Morgan fingerprint density at radius 1 is 0.963 bits per heavy atom. The molecule has 1 atom stereocenters. The predicted octanol–water partition coefficient (Wildman–Crippen LogP) is 5.86. The van der Waals surface area contributed by atoms with E-state index in [2.05, 4.69) is 57.4 Å². The van der Waals surface area contributed by atoms with Gasteiger partial charge in [-0.1, -0.05) is 60.3 Å². The van der Waals surface area contributed by atoms with E-state index in [-0.39, 0.29) is 5.25 Å². The highest BCUT2D eigenvalue weighted by atomic mass is 32.2. The molecule has 4 nitrogen and oxygen atoms in total. The fourth-order valence-electron chi connectivity index (χ4n) is 2.89. The van der Waals surface area contributed by atoms with Gasteiger partial charge in [-0.15, -0.1) is 21.5 Å². The van der Waals surface area contributed by atoms with Crippen LogP contribution in [0.4, 0.5) is 0 Å². The molecule has 0 N–H and O–H groups in total. The van der Waals surface area contributed by atoms with Crippen LogP contribution in [-0.2, 0) is 0 Å². The molecule has 1 unspecified atom stereocenters. The average molecular weight is 394 g/mol. The van der Waals surface area contributed by atoms with Crippen LogP contribution in [-0.4, -0.2) is 21.9 Å². The van der Waals surface area contributed by atoms with Gasteiger partial charge in [0.2, 0.25) is 0 Å². The fraction of sp³-hybridized carbons (Fsp3) is 0.143. The van der Waals surface area contributed by atoms with Crippen molar-refractivity contribution in [3.05, 3.63) is 77.7 Å². The summed E-state index contributed by atoms with van der Waals surface area (Å²) in [7, 11) is 1.69. The Kier molecular flexibility index (Phi) is 5.27. The second kappa shape index (κ2) is 7.98. The van der Waals surface area contributed by atoms with Crippen molar-refractivity contribution in [3.8, 4) is 22.1 Å². The fourth-order valence-corrected chi connectivity index (χ4v) is 4.58. The number of methoxy groups -OCH3 is 1. The first-order valence-electron chi connectivity index (χ1n) is 8.62. The summed E-state index contributed by atoms with van der Waals surface area (Å²) in [5.74, 6) is 1.63. The molecule has 2 aromatic carbocycles. The lowest BCUT2D eigenvalue weighted by Crippen LogP contribution is -2.02. The van der Waals surface area contributed by atoms with Gasteiger partial charge >= 0.3 is 0 Å². The van der Waals surface area contributed by atoms with Gasteiger partial charge in [-0.05, 0) is 36.1 Å². The van der Waals surface area contributed by atoms with Gasteiger partial charge in [0.05, 0.1) is 17.7 Å². The Morgan fingerprint density at radius 3 is 2.48 bits per heavy atom. The summed E-state index contributed by atoms with van der Waals surface area (Å²) >= 11 is 3.35. The van der Waals surface area contributed by atoms with Gasteiger partial charge in [0.25, 0.3) is 0 Å².